The molecule has 6 aromatic heterocycles. The Hall–Kier alpha value is -8.06. The van der Waals surface area contributed by atoms with E-state index >= 15 is 0 Å². The van der Waals surface area contributed by atoms with Gasteiger partial charge in [-0.3, -0.25) is 4.57 Å². The third kappa shape index (κ3) is 4.12. The molecule has 286 valence electrons. The van der Waals surface area contributed by atoms with Crippen molar-refractivity contribution >= 4 is 124 Å². The molecule has 15 aromatic rings. The van der Waals surface area contributed by atoms with Gasteiger partial charge in [-0.15, -0.1) is 11.3 Å². The van der Waals surface area contributed by atoms with Gasteiger partial charge in [0.15, 0.2) is 0 Å². The van der Waals surface area contributed by atoms with Gasteiger partial charge in [0.1, 0.15) is 4.83 Å². The zero-order valence-electron chi connectivity index (χ0n) is 33.0. The summed E-state index contributed by atoms with van der Waals surface area (Å²) >= 11 is 1.74. The number of benzene rings is 9. The quantitative estimate of drug-likeness (QED) is 0.178. The molecule has 9 aromatic carbocycles. The number of thiophene rings is 1. The summed E-state index contributed by atoms with van der Waals surface area (Å²) in [6, 6.07) is 68.4. The maximum atomic E-state index is 5.75. The predicted octanol–water partition coefficient (Wildman–Crippen LogP) is 15.0. The van der Waals surface area contributed by atoms with E-state index in [0.717, 1.165) is 43.7 Å². The first-order chi connectivity index (χ1) is 30.8. The van der Waals surface area contributed by atoms with Crippen LogP contribution in [-0.4, -0.2) is 23.5 Å². The van der Waals surface area contributed by atoms with Crippen molar-refractivity contribution in [3.63, 3.8) is 0 Å². The Morgan fingerprint density at radius 1 is 0.371 bits per heavy atom. The van der Waals surface area contributed by atoms with Crippen molar-refractivity contribution in [2.24, 2.45) is 0 Å². The van der Waals surface area contributed by atoms with Crippen molar-refractivity contribution in [1.29, 1.82) is 0 Å². The van der Waals surface area contributed by atoms with Crippen molar-refractivity contribution in [1.82, 2.24) is 23.5 Å². The van der Waals surface area contributed by atoms with Crippen LogP contribution in [0.1, 0.15) is 0 Å². The zero-order valence-corrected chi connectivity index (χ0v) is 33.9. The Morgan fingerprint density at radius 3 is 1.85 bits per heavy atom. The Bertz CT molecular complexity index is 4390. The number of nitrogens with zero attached hydrogens (tertiary/aromatic N) is 5. The molecule has 0 spiro atoms. The lowest BCUT2D eigenvalue weighted by Crippen LogP contribution is -2.03. The molecule has 0 aliphatic heterocycles. The van der Waals surface area contributed by atoms with E-state index in [0.29, 0.717) is 5.95 Å². The molecule has 5 nitrogen and oxygen atoms in total. The molecule has 0 saturated heterocycles. The normalized spacial score (nSPS) is 12.5. The van der Waals surface area contributed by atoms with Gasteiger partial charge in [0.2, 0.25) is 5.95 Å². The van der Waals surface area contributed by atoms with Crippen LogP contribution in [0.25, 0.3) is 136 Å². The van der Waals surface area contributed by atoms with E-state index < -0.39 is 0 Å². The van der Waals surface area contributed by atoms with Crippen LogP contribution >= 0.6 is 11.3 Å². The molecule has 0 atom stereocenters. The second-order valence-electron chi connectivity index (χ2n) is 16.5. The summed E-state index contributed by atoms with van der Waals surface area (Å²) in [6.07, 6.45) is 0. The van der Waals surface area contributed by atoms with Gasteiger partial charge in [-0.1, -0.05) is 127 Å². The summed E-state index contributed by atoms with van der Waals surface area (Å²) < 4.78 is 8.42. The van der Waals surface area contributed by atoms with Crippen molar-refractivity contribution < 1.29 is 0 Å². The molecule has 0 aliphatic carbocycles. The second-order valence-corrected chi connectivity index (χ2v) is 17.5. The molecular weight excluding hydrogens is 775 g/mol. The molecular formula is C56H31N5S. The summed E-state index contributed by atoms with van der Waals surface area (Å²) in [4.78, 5) is 12.3. The lowest BCUT2D eigenvalue weighted by atomic mass is 10.00. The van der Waals surface area contributed by atoms with Crippen molar-refractivity contribution in [2.75, 3.05) is 0 Å². The highest BCUT2D eigenvalue weighted by atomic mass is 32.1. The van der Waals surface area contributed by atoms with Crippen LogP contribution in [0.4, 0.5) is 0 Å². The van der Waals surface area contributed by atoms with Crippen LogP contribution in [-0.2, 0) is 0 Å². The van der Waals surface area contributed by atoms with Gasteiger partial charge in [0.05, 0.1) is 44.3 Å². The highest BCUT2D eigenvalue weighted by Gasteiger charge is 2.27. The van der Waals surface area contributed by atoms with E-state index in [1.54, 1.807) is 11.3 Å². The molecule has 6 heteroatoms. The molecule has 0 unspecified atom stereocenters. The van der Waals surface area contributed by atoms with E-state index in [4.69, 9.17) is 9.97 Å². The van der Waals surface area contributed by atoms with E-state index in [9.17, 15) is 0 Å². The van der Waals surface area contributed by atoms with Gasteiger partial charge in [0.25, 0.3) is 0 Å². The number of aromatic nitrogens is 5. The summed E-state index contributed by atoms with van der Waals surface area (Å²) in [7, 11) is 0. The Labute approximate surface area is 356 Å². The van der Waals surface area contributed by atoms with E-state index in [1.807, 2.05) is 0 Å². The number of rotatable bonds is 3. The fourth-order valence-corrected chi connectivity index (χ4v) is 11.9. The highest BCUT2D eigenvalue weighted by molar-refractivity contribution is 7.25. The lowest BCUT2D eigenvalue weighted by Gasteiger charge is -2.12. The van der Waals surface area contributed by atoms with Crippen LogP contribution in [0, 0.1) is 0 Å². The Kier molecular flexibility index (Phi) is 6.24. The summed E-state index contributed by atoms with van der Waals surface area (Å²) in [5, 5.41) is 14.6. The van der Waals surface area contributed by atoms with Crippen molar-refractivity contribution in [2.45, 2.75) is 0 Å². The first-order valence-corrected chi connectivity index (χ1v) is 21.9. The molecule has 0 bridgehead atoms. The number of hydrogen-bond donors (Lipinski definition) is 0. The smallest absolute Gasteiger partial charge is 0.236 e. The lowest BCUT2D eigenvalue weighted by molar-refractivity contribution is 1.02. The average molecular weight is 806 g/mol. The molecule has 62 heavy (non-hydrogen) atoms. The number of hydrogen-bond acceptors (Lipinski definition) is 3. The van der Waals surface area contributed by atoms with Gasteiger partial charge < -0.3 is 8.97 Å². The van der Waals surface area contributed by atoms with Crippen LogP contribution < -0.4 is 0 Å². The zero-order chi connectivity index (χ0) is 40.2. The van der Waals surface area contributed by atoms with Crippen LogP contribution in [0.3, 0.4) is 0 Å². The molecule has 0 fully saturated rings. The first-order valence-electron chi connectivity index (χ1n) is 21.1. The minimum absolute atomic E-state index is 0.671. The molecule has 0 radical (unpaired) electrons. The predicted molar refractivity (Wildman–Crippen MR) is 261 cm³/mol. The topological polar surface area (TPSA) is 40.0 Å². The molecule has 0 amide bonds. The molecule has 6 heterocycles. The van der Waals surface area contributed by atoms with Crippen LogP contribution in [0.2, 0.25) is 0 Å². The van der Waals surface area contributed by atoms with Gasteiger partial charge in [-0.25, -0.2) is 9.97 Å². The minimum Gasteiger partial charge on any atom is -0.309 e. The Morgan fingerprint density at radius 2 is 1.02 bits per heavy atom. The van der Waals surface area contributed by atoms with E-state index in [1.165, 1.54) is 86.0 Å². The monoisotopic (exact) mass is 805 g/mol. The van der Waals surface area contributed by atoms with Gasteiger partial charge in [-0.2, -0.15) is 0 Å². The second kappa shape index (κ2) is 11.8. The maximum absolute atomic E-state index is 5.75. The van der Waals surface area contributed by atoms with Gasteiger partial charge >= 0.3 is 0 Å². The van der Waals surface area contributed by atoms with Crippen LogP contribution in [0.5, 0.6) is 0 Å². The number of fused-ring (bicyclic) bond motifs is 18. The van der Waals surface area contributed by atoms with E-state index in [-0.39, 0.29) is 0 Å². The van der Waals surface area contributed by atoms with Crippen molar-refractivity contribution in [3.8, 4) is 22.9 Å². The molecule has 0 aliphatic rings. The fraction of sp³-hybridized carbons (Fsp3) is 0. The molecule has 0 saturated carbocycles. The van der Waals surface area contributed by atoms with Gasteiger partial charge in [-0.05, 0) is 71.4 Å². The van der Waals surface area contributed by atoms with Crippen LogP contribution in [0.15, 0.2) is 188 Å². The summed E-state index contributed by atoms with van der Waals surface area (Å²) in [5.74, 6) is 0.671. The SMILES string of the molecule is c1ccc(-n2c3ccccc3c3cc(-c4nc(-n5c6ccccc6c6cc7c8c9ccccc9ccc8n8c9ccccc9c(c65)c78)nc5sc6ccccc6c45)ccc32)cc1. The number of para-hydroxylation sites is 4. The third-order valence-electron chi connectivity index (χ3n) is 13.4. The standard InChI is InChI=1S/C56H31N5S/c1-2-15-34(16-3-1)59-43-22-10-6-18-36(43)40-30-33(27-28-46(40)59)52-50-39-21-9-13-25-48(39)62-55(50)58-56(57-52)61-44-23-11-7-19-37(44)41-31-42-49-35-17-5-4-14-32(35)26-29-47(49)60-45-24-12-8-20-38(45)51(53(41)61)54(42)60/h1-31H. The van der Waals surface area contributed by atoms with Crippen molar-refractivity contribution in [3.05, 3.63) is 188 Å². The summed E-state index contributed by atoms with van der Waals surface area (Å²) in [5.41, 5.74) is 11.4. The molecule has 0 N–H and O–H groups in total. The van der Waals surface area contributed by atoms with Gasteiger partial charge in [0, 0.05) is 69.8 Å². The first kappa shape index (κ1) is 32.8. The van der Waals surface area contributed by atoms with E-state index in [2.05, 4.69) is 202 Å². The average Bonchev–Trinajstić information content (AvgIpc) is 4.13. The highest BCUT2D eigenvalue weighted by Crippen LogP contribution is 2.48. The molecule has 15 rings (SSSR count). The Balaban J connectivity index is 1.09. The maximum Gasteiger partial charge on any atom is 0.236 e. The minimum atomic E-state index is 0.671. The fourth-order valence-electron chi connectivity index (χ4n) is 10.9. The third-order valence-corrected chi connectivity index (χ3v) is 14.4. The summed E-state index contributed by atoms with van der Waals surface area (Å²) in [6.45, 7) is 0. The largest absolute Gasteiger partial charge is 0.309 e.